The van der Waals surface area contributed by atoms with E-state index in [1.54, 1.807) is 0 Å². The van der Waals surface area contributed by atoms with E-state index in [4.69, 9.17) is 4.74 Å². The van der Waals surface area contributed by atoms with E-state index in [2.05, 4.69) is 20.9 Å². The van der Waals surface area contributed by atoms with Crippen LogP contribution in [0, 0.1) is 0 Å². The van der Waals surface area contributed by atoms with Gasteiger partial charge in [-0.25, -0.2) is 4.98 Å². The Labute approximate surface area is 113 Å². The molecular formula is C14H21N3O2. The Morgan fingerprint density at radius 2 is 2.32 bits per heavy atom. The molecule has 0 bridgehead atoms. The average Bonchev–Trinajstić information content (AvgIpc) is 2.36. The van der Waals surface area contributed by atoms with Gasteiger partial charge in [0, 0.05) is 31.9 Å². The van der Waals surface area contributed by atoms with Gasteiger partial charge in [0.2, 0.25) is 0 Å². The number of nitrogens with zero attached hydrogens (tertiary/aromatic N) is 3. The van der Waals surface area contributed by atoms with Gasteiger partial charge in [-0.05, 0) is 12.5 Å². The molecule has 3 heterocycles. The lowest BCUT2D eigenvalue weighted by molar-refractivity contribution is -0.0693. The van der Waals surface area contributed by atoms with Gasteiger partial charge in [-0.1, -0.05) is 6.07 Å². The van der Waals surface area contributed by atoms with Crippen LogP contribution < -0.4 is 4.90 Å². The average molecular weight is 263 g/mol. The molecule has 0 amide bonds. The van der Waals surface area contributed by atoms with Crippen molar-refractivity contribution in [2.75, 3.05) is 38.3 Å². The molecule has 1 N–H and O–H groups in total. The highest BCUT2D eigenvalue weighted by atomic mass is 16.5. The van der Waals surface area contributed by atoms with E-state index in [1.165, 1.54) is 5.56 Å². The second-order valence-electron chi connectivity index (χ2n) is 5.38. The van der Waals surface area contributed by atoms with Crippen LogP contribution in [0.15, 0.2) is 18.3 Å². The van der Waals surface area contributed by atoms with Crippen molar-refractivity contribution in [1.82, 2.24) is 9.88 Å². The first kappa shape index (κ1) is 12.8. The molecule has 3 rings (SSSR count). The van der Waals surface area contributed by atoms with Crippen LogP contribution in [0.25, 0.3) is 0 Å². The van der Waals surface area contributed by atoms with Crippen molar-refractivity contribution in [3.8, 4) is 0 Å². The summed E-state index contributed by atoms with van der Waals surface area (Å²) in [5.74, 6) is 0.992. The maximum absolute atomic E-state index is 9.59. The van der Waals surface area contributed by atoms with E-state index in [0.717, 1.165) is 38.5 Å². The summed E-state index contributed by atoms with van der Waals surface area (Å²) in [7, 11) is 2.02. The molecule has 5 heteroatoms. The predicted octanol–water partition coefficient (Wildman–Crippen LogP) is 0.483. The highest BCUT2D eigenvalue weighted by Crippen LogP contribution is 2.26. The third-order valence-electron chi connectivity index (χ3n) is 4.22. The van der Waals surface area contributed by atoms with Gasteiger partial charge in [-0.3, -0.25) is 4.90 Å². The maximum atomic E-state index is 9.59. The third kappa shape index (κ3) is 2.45. The molecule has 2 aliphatic heterocycles. The number of fused-ring (bicyclic) bond motifs is 1. The molecule has 1 saturated heterocycles. The van der Waals surface area contributed by atoms with Gasteiger partial charge in [0.1, 0.15) is 5.82 Å². The smallest absolute Gasteiger partial charge is 0.133 e. The third-order valence-corrected chi connectivity index (χ3v) is 4.22. The number of likely N-dealkylation sites (N-methyl/N-ethyl adjacent to an activating group) is 1. The number of rotatable bonds is 2. The molecule has 0 saturated carbocycles. The van der Waals surface area contributed by atoms with Crippen molar-refractivity contribution >= 4 is 5.82 Å². The van der Waals surface area contributed by atoms with Crippen molar-refractivity contribution < 1.29 is 9.84 Å². The SMILES string of the molecule is CN1c2ncccc2CN(C2COC2)CC[C@H]1CO. The van der Waals surface area contributed by atoms with E-state index in [0.29, 0.717) is 6.04 Å². The summed E-state index contributed by atoms with van der Waals surface area (Å²) in [6.45, 7) is 3.74. The second-order valence-corrected chi connectivity index (χ2v) is 5.38. The van der Waals surface area contributed by atoms with Gasteiger partial charge < -0.3 is 14.7 Å². The summed E-state index contributed by atoms with van der Waals surface area (Å²) in [6.07, 6.45) is 2.78. The summed E-state index contributed by atoms with van der Waals surface area (Å²) < 4.78 is 5.31. The Morgan fingerprint density at radius 1 is 1.47 bits per heavy atom. The molecule has 1 fully saturated rings. The van der Waals surface area contributed by atoms with Crippen LogP contribution in [-0.2, 0) is 11.3 Å². The fourth-order valence-electron chi connectivity index (χ4n) is 2.81. The quantitative estimate of drug-likeness (QED) is 0.841. The lowest BCUT2D eigenvalue weighted by atomic mass is 10.1. The van der Waals surface area contributed by atoms with Crippen LogP contribution in [0.2, 0.25) is 0 Å². The molecule has 5 nitrogen and oxygen atoms in total. The Bertz CT molecular complexity index is 436. The molecule has 2 aliphatic rings. The minimum atomic E-state index is 0.137. The minimum Gasteiger partial charge on any atom is -0.394 e. The first-order valence-electron chi connectivity index (χ1n) is 6.89. The lowest BCUT2D eigenvalue weighted by Gasteiger charge is -2.41. The Morgan fingerprint density at radius 3 is 3.00 bits per heavy atom. The summed E-state index contributed by atoms with van der Waals surface area (Å²) in [6, 6.07) is 4.77. The molecule has 0 spiro atoms. The predicted molar refractivity (Wildman–Crippen MR) is 73.1 cm³/mol. The number of hydrogen-bond acceptors (Lipinski definition) is 5. The van der Waals surface area contributed by atoms with Crippen LogP contribution in [0.4, 0.5) is 5.82 Å². The normalized spacial score (nSPS) is 25.4. The zero-order chi connectivity index (χ0) is 13.2. The molecule has 1 atom stereocenters. The van der Waals surface area contributed by atoms with E-state index in [9.17, 15) is 5.11 Å². The molecule has 1 aromatic rings. The highest BCUT2D eigenvalue weighted by Gasteiger charge is 2.30. The zero-order valence-electron chi connectivity index (χ0n) is 11.3. The Balaban J connectivity index is 1.89. The van der Waals surface area contributed by atoms with Crippen LogP contribution in [-0.4, -0.2) is 60.5 Å². The van der Waals surface area contributed by atoms with E-state index >= 15 is 0 Å². The van der Waals surface area contributed by atoms with Gasteiger partial charge >= 0.3 is 0 Å². The standard InChI is InChI=1S/C14H21N3O2/c1-16-12(8-18)4-6-17(13-9-19-10-13)7-11-3-2-5-15-14(11)16/h2-3,5,12-13,18H,4,6-10H2,1H3/t12-/m0/s1. The lowest BCUT2D eigenvalue weighted by Crippen LogP contribution is -2.51. The van der Waals surface area contributed by atoms with Gasteiger partial charge in [0.15, 0.2) is 0 Å². The van der Waals surface area contributed by atoms with Crippen LogP contribution in [0.1, 0.15) is 12.0 Å². The number of hydrogen-bond donors (Lipinski definition) is 1. The zero-order valence-corrected chi connectivity index (χ0v) is 11.3. The molecule has 19 heavy (non-hydrogen) atoms. The Hall–Kier alpha value is -1.17. The number of ether oxygens (including phenoxy) is 1. The summed E-state index contributed by atoms with van der Waals surface area (Å²) >= 11 is 0. The number of anilines is 1. The van der Waals surface area contributed by atoms with Crippen molar-refractivity contribution in [2.45, 2.75) is 25.0 Å². The second kappa shape index (κ2) is 5.45. The van der Waals surface area contributed by atoms with Gasteiger partial charge in [0.25, 0.3) is 0 Å². The fourth-order valence-corrected chi connectivity index (χ4v) is 2.81. The number of pyridine rings is 1. The molecular weight excluding hydrogens is 242 g/mol. The monoisotopic (exact) mass is 263 g/mol. The van der Waals surface area contributed by atoms with Crippen LogP contribution >= 0.6 is 0 Å². The summed E-state index contributed by atoms with van der Waals surface area (Å²) in [4.78, 5) is 9.07. The first-order chi connectivity index (χ1) is 9.29. The van der Waals surface area contributed by atoms with Crippen LogP contribution in [0.3, 0.4) is 0 Å². The van der Waals surface area contributed by atoms with Crippen LogP contribution in [0.5, 0.6) is 0 Å². The Kier molecular flexibility index (Phi) is 3.68. The van der Waals surface area contributed by atoms with Crippen molar-refractivity contribution in [1.29, 1.82) is 0 Å². The maximum Gasteiger partial charge on any atom is 0.133 e. The van der Waals surface area contributed by atoms with E-state index in [-0.39, 0.29) is 12.6 Å². The molecule has 0 aromatic carbocycles. The molecule has 0 unspecified atom stereocenters. The van der Waals surface area contributed by atoms with Gasteiger partial charge in [-0.2, -0.15) is 0 Å². The number of aliphatic hydroxyl groups excluding tert-OH is 1. The molecule has 1 aromatic heterocycles. The van der Waals surface area contributed by atoms with Crippen molar-refractivity contribution in [2.24, 2.45) is 0 Å². The molecule has 0 radical (unpaired) electrons. The first-order valence-corrected chi connectivity index (χ1v) is 6.89. The fraction of sp³-hybridized carbons (Fsp3) is 0.643. The molecule has 0 aliphatic carbocycles. The summed E-state index contributed by atoms with van der Waals surface area (Å²) in [5, 5.41) is 9.59. The van der Waals surface area contributed by atoms with E-state index < -0.39 is 0 Å². The van der Waals surface area contributed by atoms with Gasteiger partial charge in [-0.15, -0.1) is 0 Å². The highest BCUT2D eigenvalue weighted by molar-refractivity contribution is 5.47. The largest absolute Gasteiger partial charge is 0.394 e. The van der Waals surface area contributed by atoms with Crippen molar-refractivity contribution in [3.05, 3.63) is 23.9 Å². The number of aromatic nitrogens is 1. The topological polar surface area (TPSA) is 48.8 Å². The van der Waals surface area contributed by atoms with Crippen molar-refractivity contribution in [3.63, 3.8) is 0 Å². The summed E-state index contributed by atoms with van der Waals surface area (Å²) in [5.41, 5.74) is 1.23. The minimum absolute atomic E-state index is 0.137. The van der Waals surface area contributed by atoms with Gasteiger partial charge in [0.05, 0.1) is 31.9 Å². The number of aliphatic hydroxyl groups is 1. The van der Waals surface area contributed by atoms with E-state index in [1.807, 2.05) is 19.3 Å². The molecule has 104 valence electrons.